The molecule has 2 heteroatoms. The summed E-state index contributed by atoms with van der Waals surface area (Å²) in [6.07, 6.45) is 4.16. The number of rotatable bonds is 4. The standard InChI is InChI=1S/C16H22N2/c1-3-12(2)13-5-7-14(8-6-13)15(18)16(11-17)9-4-10-16/h5-8,12,15H,3-4,9-10,18H2,1-2H3. The first-order valence-corrected chi connectivity index (χ1v) is 6.89. The molecule has 1 saturated carbocycles. The zero-order chi connectivity index (χ0) is 13.2. The van der Waals surface area contributed by atoms with Gasteiger partial charge < -0.3 is 5.73 Å². The van der Waals surface area contributed by atoms with Gasteiger partial charge in [0.05, 0.1) is 11.5 Å². The van der Waals surface area contributed by atoms with E-state index in [1.807, 2.05) is 0 Å². The van der Waals surface area contributed by atoms with E-state index in [0.29, 0.717) is 5.92 Å². The summed E-state index contributed by atoms with van der Waals surface area (Å²) < 4.78 is 0. The molecule has 1 aromatic carbocycles. The van der Waals surface area contributed by atoms with Crippen molar-refractivity contribution >= 4 is 0 Å². The predicted octanol–water partition coefficient (Wildman–Crippen LogP) is 3.89. The van der Waals surface area contributed by atoms with Gasteiger partial charge in [-0.05, 0) is 36.3 Å². The Labute approximate surface area is 110 Å². The maximum absolute atomic E-state index is 9.32. The van der Waals surface area contributed by atoms with E-state index < -0.39 is 0 Å². The molecule has 18 heavy (non-hydrogen) atoms. The summed E-state index contributed by atoms with van der Waals surface area (Å²) in [5.41, 5.74) is 8.43. The van der Waals surface area contributed by atoms with Crippen LogP contribution in [0, 0.1) is 16.7 Å². The third-order valence-corrected chi connectivity index (χ3v) is 4.54. The van der Waals surface area contributed by atoms with E-state index in [9.17, 15) is 5.26 Å². The van der Waals surface area contributed by atoms with Crippen molar-refractivity contribution in [3.05, 3.63) is 35.4 Å². The molecule has 2 N–H and O–H groups in total. The largest absolute Gasteiger partial charge is 0.323 e. The molecule has 1 aliphatic rings. The van der Waals surface area contributed by atoms with Crippen LogP contribution in [-0.2, 0) is 0 Å². The number of nitrogens with two attached hydrogens (primary N) is 1. The molecule has 0 spiro atoms. The van der Waals surface area contributed by atoms with Gasteiger partial charge in [-0.2, -0.15) is 5.26 Å². The second kappa shape index (κ2) is 5.12. The summed E-state index contributed by atoms with van der Waals surface area (Å²) in [5, 5.41) is 9.32. The van der Waals surface area contributed by atoms with Crippen LogP contribution in [0.1, 0.15) is 62.6 Å². The maximum Gasteiger partial charge on any atom is 0.0766 e. The molecule has 0 amide bonds. The van der Waals surface area contributed by atoms with Gasteiger partial charge in [0.1, 0.15) is 0 Å². The van der Waals surface area contributed by atoms with Crippen LogP contribution in [0.25, 0.3) is 0 Å². The summed E-state index contributed by atoms with van der Waals surface area (Å²) in [5.74, 6) is 0.587. The van der Waals surface area contributed by atoms with Crippen molar-refractivity contribution in [2.75, 3.05) is 0 Å². The molecule has 0 aliphatic heterocycles. The van der Waals surface area contributed by atoms with Gasteiger partial charge in [-0.3, -0.25) is 0 Å². The van der Waals surface area contributed by atoms with E-state index >= 15 is 0 Å². The second-order valence-corrected chi connectivity index (χ2v) is 5.58. The Balaban J connectivity index is 2.17. The van der Waals surface area contributed by atoms with Crippen LogP contribution in [0.2, 0.25) is 0 Å². The Morgan fingerprint density at radius 2 is 1.83 bits per heavy atom. The topological polar surface area (TPSA) is 49.8 Å². The lowest BCUT2D eigenvalue weighted by Crippen LogP contribution is -2.39. The van der Waals surface area contributed by atoms with Crippen molar-refractivity contribution in [2.45, 2.75) is 51.5 Å². The first kappa shape index (κ1) is 13.1. The molecule has 1 aliphatic carbocycles. The molecule has 96 valence electrons. The van der Waals surface area contributed by atoms with Crippen molar-refractivity contribution < 1.29 is 0 Å². The van der Waals surface area contributed by atoms with Crippen molar-refractivity contribution in [2.24, 2.45) is 11.1 Å². The summed E-state index contributed by atoms with van der Waals surface area (Å²) in [6, 6.07) is 10.8. The van der Waals surface area contributed by atoms with Gasteiger partial charge in [-0.25, -0.2) is 0 Å². The van der Waals surface area contributed by atoms with Crippen LogP contribution >= 0.6 is 0 Å². The first-order valence-electron chi connectivity index (χ1n) is 6.89. The fraction of sp³-hybridized carbons (Fsp3) is 0.562. The van der Waals surface area contributed by atoms with Crippen LogP contribution in [0.5, 0.6) is 0 Å². The van der Waals surface area contributed by atoms with Gasteiger partial charge >= 0.3 is 0 Å². The minimum Gasteiger partial charge on any atom is -0.323 e. The predicted molar refractivity (Wildman–Crippen MR) is 74.0 cm³/mol. The molecule has 1 fully saturated rings. The van der Waals surface area contributed by atoms with Gasteiger partial charge in [0.2, 0.25) is 0 Å². The van der Waals surface area contributed by atoms with Crippen molar-refractivity contribution in [1.82, 2.24) is 0 Å². The highest BCUT2D eigenvalue weighted by Crippen LogP contribution is 2.48. The Bertz CT molecular complexity index is 437. The molecule has 0 radical (unpaired) electrons. The van der Waals surface area contributed by atoms with Gasteiger partial charge in [-0.15, -0.1) is 0 Å². The van der Waals surface area contributed by atoms with Crippen LogP contribution < -0.4 is 5.73 Å². The Kier molecular flexibility index (Phi) is 3.73. The molecule has 2 rings (SSSR count). The number of benzene rings is 1. The number of hydrogen-bond donors (Lipinski definition) is 1. The van der Waals surface area contributed by atoms with Crippen LogP contribution in [0.15, 0.2) is 24.3 Å². The maximum atomic E-state index is 9.32. The Morgan fingerprint density at radius 1 is 1.28 bits per heavy atom. The highest BCUT2D eigenvalue weighted by Gasteiger charge is 2.43. The van der Waals surface area contributed by atoms with Crippen LogP contribution in [-0.4, -0.2) is 0 Å². The van der Waals surface area contributed by atoms with E-state index in [1.54, 1.807) is 0 Å². The van der Waals surface area contributed by atoms with Crippen molar-refractivity contribution in [3.63, 3.8) is 0 Å². The number of nitrogens with zero attached hydrogens (tertiary/aromatic N) is 1. The van der Waals surface area contributed by atoms with Crippen molar-refractivity contribution in [3.8, 4) is 6.07 Å². The summed E-state index contributed by atoms with van der Waals surface area (Å²) >= 11 is 0. The molecule has 2 nitrogen and oxygen atoms in total. The highest BCUT2D eigenvalue weighted by molar-refractivity contribution is 5.30. The third-order valence-electron chi connectivity index (χ3n) is 4.54. The lowest BCUT2D eigenvalue weighted by molar-refractivity contribution is 0.169. The summed E-state index contributed by atoms with van der Waals surface area (Å²) in [4.78, 5) is 0. The van der Waals surface area contributed by atoms with E-state index in [0.717, 1.165) is 31.2 Å². The number of hydrogen-bond acceptors (Lipinski definition) is 2. The van der Waals surface area contributed by atoms with E-state index in [-0.39, 0.29) is 11.5 Å². The SMILES string of the molecule is CCC(C)c1ccc(C(N)C2(C#N)CCC2)cc1. The van der Waals surface area contributed by atoms with Crippen LogP contribution in [0.4, 0.5) is 0 Å². The Hall–Kier alpha value is -1.33. The van der Waals surface area contributed by atoms with E-state index in [4.69, 9.17) is 5.73 Å². The second-order valence-electron chi connectivity index (χ2n) is 5.58. The molecule has 2 atom stereocenters. The minimum absolute atomic E-state index is 0.137. The lowest BCUT2D eigenvalue weighted by Gasteiger charge is -2.40. The average molecular weight is 242 g/mol. The van der Waals surface area contributed by atoms with Gasteiger partial charge in [0.25, 0.3) is 0 Å². The van der Waals surface area contributed by atoms with E-state index in [2.05, 4.69) is 44.2 Å². The Morgan fingerprint density at radius 3 is 2.22 bits per heavy atom. The highest BCUT2D eigenvalue weighted by atomic mass is 14.7. The fourth-order valence-corrected chi connectivity index (χ4v) is 2.64. The fourth-order valence-electron chi connectivity index (χ4n) is 2.64. The van der Waals surface area contributed by atoms with Gasteiger partial charge in [0.15, 0.2) is 0 Å². The quantitative estimate of drug-likeness (QED) is 0.870. The molecular weight excluding hydrogens is 220 g/mol. The molecule has 0 aromatic heterocycles. The van der Waals surface area contributed by atoms with Gasteiger partial charge in [0, 0.05) is 6.04 Å². The monoisotopic (exact) mass is 242 g/mol. The van der Waals surface area contributed by atoms with Crippen LogP contribution in [0.3, 0.4) is 0 Å². The normalized spacial score (nSPS) is 20.6. The van der Waals surface area contributed by atoms with Gasteiger partial charge in [-0.1, -0.05) is 44.5 Å². The third kappa shape index (κ3) is 2.15. The zero-order valence-electron chi connectivity index (χ0n) is 11.3. The number of nitriles is 1. The summed E-state index contributed by atoms with van der Waals surface area (Å²) in [6.45, 7) is 4.43. The molecular formula is C16H22N2. The average Bonchev–Trinajstić information content (AvgIpc) is 2.37. The molecule has 2 unspecified atom stereocenters. The minimum atomic E-state index is -0.308. The molecule has 1 aromatic rings. The lowest BCUT2D eigenvalue weighted by atomic mass is 9.63. The molecule has 0 bridgehead atoms. The molecule has 0 heterocycles. The first-order chi connectivity index (χ1) is 8.63. The van der Waals surface area contributed by atoms with E-state index in [1.165, 1.54) is 5.56 Å². The zero-order valence-corrected chi connectivity index (χ0v) is 11.3. The smallest absolute Gasteiger partial charge is 0.0766 e. The molecule has 0 saturated heterocycles. The van der Waals surface area contributed by atoms with Crippen molar-refractivity contribution in [1.29, 1.82) is 5.26 Å². The summed E-state index contributed by atoms with van der Waals surface area (Å²) in [7, 11) is 0.